The molecule has 0 N–H and O–H groups in total. The Morgan fingerprint density at radius 3 is 2.36 bits per heavy atom. The summed E-state index contributed by atoms with van der Waals surface area (Å²) in [5.74, 6) is -0.937. The number of esters is 1. The van der Waals surface area contributed by atoms with Gasteiger partial charge in [-0.15, -0.1) is 5.06 Å². The molecule has 0 spiro atoms. The molecule has 1 aliphatic heterocycles. The minimum absolute atomic E-state index is 0.0587. The lowest BCUT2D eigenvalue weighted by molar-refractivity contribution is -0.109. The van der Waals surface area contributed by atoms with Gasteiger partial charge in [-0.05, 0) is 25.0 Å². The predicted molar refractivity (Wildman–Crippen MR) is 121 cm³/mol. The van der Waals surface area contributed by atoms with E-state index in [0.29, 0.717) is 17.7 Å². The normalized spacial score (nSPS) is 13.8. The van der Waals surface area contributed by atoms with Gasteiger partial charge < -0.3 is 9.47 Å². The zero-order valence-corrected chi connectivity index (χ0v) is 19.5. The molecule has 9 nitrogen and oxygen atoms in total. The van der Waals surface area contributed by atoms with Crippen molar-refractivity contribution in [3.8, 4) is 5.88 Å². The van der Waals surface area contributed by atoms with Gasteiger partial charge in [0.25, 0.3) is 11.8 Å². The molecule has 0 atom stereocenters. The van der Waals surface area contributed by atoms with Crippen molar-refractivity contribution in [1.29, 1.82) is 0 Å². The molecule has 0 fully saturated rings. The highest BCUT2D eigenvalue weighted by Gasteiger charge is 2.37. The van der Waals surface area contributed by atoms with Gasteiger partial charge in [0.1, 0.15) is 5.56 Å². The Morgan fingerprint density at radius 1 is 1.15 bits per heavy atom. The highest BCUT2D eigenvalue weighted by molar-refractivity contribution is 6.20. The number of carbonyl (C=O) groups is 3. The summed E-state index contributed by atoms with van der Waals surface area (Å²) < 4.78 is 12.4. The third kappa shape index (κ3) is 5.48. The average Bonchev–Trinajstić information content (AvgIpc) is 3.29. The molecule has 0 bridgehead atoms. The summed E-state index contributed by atoms with van der Waals surface area (Å²) in [6.45, 7) is 10.2. The third-order valence-electron chi connectivity index (χ3n) is 4.79. The molecule has 33 heavy (non-hydrogen) atoms. The first-order valence-electron chi connectivity index (χ1n) is 10.8. The van der Waals surface area contributed by atoms with Crippen molar-refractivity contribution >= 4 is 24.0 Å². The van der Waals surface area contributed by atoms with E-state index in [9.17, 15) is 14.4 Å². The molecule has 0 unspecified atom stereocenters. The van der Waals surface area contributed by atoms with E-state index >= 15 is 0 Å². The lowest BCUT2D eigenvalue weighted by Crippen LogP contribution is -2.33. The predicted octanol–water partition coefficient (Wildman–Crippen LogP) is 3.82. The van der Waals surface area contributed by atoms with Gasteiger partial charge in [-0.3, -0.25) is 14.4 Å². The van der Waals surface area contributed by atoms with E-state index in [1.54, 1.807) is 43.5 Å². The van der Waals surface area contributed by atoms with Crippen LogP contribution in [0.1, 0.15) is 65.7 Å². The summed E-state index contributed by atoms with van der Waals surface area (Å²) in [5.41, 5.74) is 0.305. The number of hydrogen-bond acceptors (Lipinski definition) is 7. The highest BCUT2D eigenvalue weighted by Crippen LogP contribution is 2.27. The van der Waals surface area contributed by atoms with Crippen molar-refractivity contribution in [2.45, 2.75) is 34.6 Å². The van der Waals surface area contributed by atoms with E-state index < -0.39 is 23.2 Å². The number of rotatable bonds is 10. The summed E-state index contributed by atoms with van der Waals surface area (Å²) >= 11 is 0. The first-order chi connectivity index (χ1) is 15.6. The lowest BCUT2D eigenvalue weighted by Gasteiger charge is -2.23. The second-order valence-corrected chi connectivity index (χ2v) is 8.76. The first-order valence-corrected chi connectivity index (χ1v) is 10.8. The van der Waals surface area contributed by atoms with Gasteiger partial charge in [-0.1, -0.05) is 45.9 Å². The second-order valence-electron chi connectivity index (χ2n) is 8.76. The van der Waals surface area contributed by atoms with Gasteiger partial charge in [0.2, 0.25) is 5.88 Å². The largest absolute Gasteiger partial charge is 0.477 e. The van der Waals surface area contributed by atoms with Crippen LogP contribution in [0.2, 0.25) is 0 Å². The fourth-order valence-electron chi connectivity index (χ4n) is 3.03. The van der Waals surface area contributed by atoms with Gasteiger partial charge >= 0.3 is 5.97 Å². The van der Waals surface area contributed by atoms with Crippen molar-refractivity contribution in [2.24, 2.45) is 11.3 Å². The highest BCUT2D eigenvalue weighted by atomic mass is 16.7. The SMILES string of the molecule is CCOC(=O)c1cnn(/C=C/C(C)(C)CON2C(=O)c3ccccc3C2=O)c1OCC(C)C. The molecule has 1 aromatic heterocycles. The molecule has 0 saturated carbocycles. The van der Waals surface area contributed by atoms with Crippen molar-refractivity contribution in [1.82, 2.24) is 14.8 Å². The molecule has 0 radical (unpaired) electrons. The van der Waals surface area contributed by atoms with Crippen LogP contribution in [0.5, 0.6) is 5.88 Å². The monoisotopic (exact) mass is 455 g/mol. The zero-order valence-electron chi connectivity index (χ0n) is 19.5. The molecule has 2 aromatic rings. The number of amides is 2. The summed E-state index contributed by atoms with van der Waals surface area (Å²) in [5, 5.41) is 5.03. The minimum atomic E-state index is -0.583. The molecule has 0 saturated heterocycles. The topological polar surface area (TPSA) is 100.0 Å². The van der Waals surface area contributed by atoms with Crippen LogP contribution in [0, 0.1) is 11.3 Å². The first kappa shape index (κ1) is 24.2. The standard InChI is InChI=1S/C24H29N3O6/c1-6-31-23(30)19-13-25-26(22(19)32-14-16(2)3)12-11-24(4,5)15-33-27-20(28)17-9-7-8-10-18(17)21(27)29/h7-13,16H,6,14-15H2,1-5H3/b12-11+. The number of nitrogens with zero attached hydrogens (tertiary/aromatic N) is 3. The van der Waals surface area contributed by atoms with Gasteiger partial charge in [-0.2, -0.15) is 5.10 Å². The van der Waals surface area contributed by atoms with E-state index in [-0.39, 0.29) is 30.6 Å². The number of fused-ring (bicyclic) bond motifs is 1. The summed E-state index contributed by atoms with van der Waals surface area (Å²) in [6, 6.07) is 6.60. The van der Waals surface area contributed by atoms with Crippen LogP contribution < -0.4 is 4.74 Å². The molecular weight excluding hydrogens is 426 g/mol. The van der Waals surface area contributed by atoms with Crippen molar-refractivity contribution in [2.75, 3.05) is 19.8 Å². The Bertz CT molecular complexity index is 1030. The van der Waals surface area contributed by atoms with E-state index in [1.807, 2.05) is 27.7 Å². The third-order valence-corrected chi connectivity index (χ3v) is 4.79. The Morgan fingerprint density at radius 2 is 1.79 bits per heavy atom. The van der Waals surface area contributed by atoms with Crippen molar-refractivity contribution < 1.29 is 28.7 Å². The molecule has 1 aliphatic rings. The van der Waals surface area contributed by atoms with Crippen LogP contribution >= 0.6 is 0 Å². The van der Waals surface area contributed by atoms with Crippen LogP contribution in [-0.2, 0) is 9.57 Å². The number of imide groups is 1. The van der Waals surface area contributed by atoms with Gasteiger partial charge in [0.15, 0.2) is 0 Å². The number of hydrogen-bond donors (Lipinski definition) is 0. The van der Waals surface area contributed by atoms with Crippen LogP contribution in [0.4, 0.5) is 0 Å². The van der Waals surface area contributed by atoms with E-state index in [2.05, 4.69) is 5.10 Å². The Kier molecular flexibility index (Phi) is 7.33. The second kappa shape index (κ2) is 9.99. The van der Waals surface area contributed by atoms with Crippen LogP contribution in [-0.4, -0.2) is 52.4 Å². The zero-order chi connectivity index (χ0) is 24.2. The number of benzene rings is 1. The smallest absolute Gasteiger partial charge is 0.345 e. The molecule has 3 rings (SSSR count). The van der Waals surface area contributed by atoms with Gasteiger partial charge in [0, 0.05) is 11.6 Å². The maximum Gasteiger partial charge on any atom is 0.345 e. The van der Waals surface area contributed by atoms with Crippen LogP contribution in [0.15, 0.2) is 36.5 Å². The molecule has 0 aliphatic carbocycles. The van der Waals surface area contributed by atoms with Crippen LogP contribution in [0.25, 0.3) is 6.20 Å². The fourth-order valence-corrected chi connectivity index (χ4v) is 3.03. The lowest BCUT2D eigenvalue weighted by atomic mass is 9.95. The Hall–Kier alpha value is -3.46. The summed E-state index contributed by atoms with van der Waals surface area (Å²) in [7, 11) is 0. The van der Waals surface area contributed by atoms with Crippen LogP contribution in [0.3, 0.4) is 0 Å². The summed E-state index contributed by atoms with van der Waals surface area (Å²) in [4.78, 5) is 42.8. The quantitative estimate of drug-likeness (QED) is 0.397. The molecule has 2 amide bonds. The van der Waals surface area contributed by atoms with E-state index in [1.165, 1.54) is 10.9 Å². The molecular formula is C24H29N3O6. The Labute approximate surface area is 192 Å². The van der Waals surface area contributed by atoms with Gasteiger partial charge in [0.05, 0.1) is 37.1 Å². The molecule has 2 heterocycles. The van der Waals surface area contributed by atoms with E-state index in [4.69, 9.17) is 14.3 Å². The van der Waals surface area contributed by atoms with Crippen molar-refractivity contribution in [3.63, 3.8) is 0 Å². The molecule has 9 heteroatoms. The molecule has 1 aromatic carbocycles. The average molecular weight is 456 g/mol. The maximum atomic E-state index is 12.5. The van der Waals surface area contributed by atoms with Crippen molar-refractivity contribution in [3.05, 3.63) is 53.2 Å². The number of aromatic nitrogens is 2. The maximum absolute atomic E-state index is 12.5. The minimum Gasteiger partial charge on any atom is -0.477 e. The molecule has 176 valence electrons. The summed E-state index contributed by atoms with van der Waals surface area (Å²) in [6.07, 6.45) is 4.86. The van der Waals surface area contributed by atoms with Gasteiger partial charge in [-0.25, -0.2) is 9.48 Å². The number of carbonyl (C=O) groups excluding carboxylic acids is 3. The number of ether oxygens (including phenoxy) is 2. The number of hydroxylamine groups is 2. The fraction of sp³-hybridized carbons (Fsp3) is 0.417. The van der Waals surface area contributed by atoms with E-state index in [0.717, 1.165) is 5.06 Å². The Balaban J connectivity index is 1.72.